The van der Waals surface area contributed by atoms with Gasteiger partial charge in [-0.15, -0.1) is 24.8 Å². The van der Waals surface area contributed by atoms with Gasteiger partial charge in [0, 0.05) is 38.3 Å². The molecule has 1 aromatic carbocycles. The Morgan fingerprint density at radius 1 is 1.07 bits per heavy atom. The third-order valence-corrected chi connectivity index (χ3v) is 6.30. The Labute approximate surface area is 192 Å². The minimum atomic E-state index is -0.0443. The van der Waals surface area contributed by atoms with Crippen LogP contribution in [0.2, 0.25) is 0 Å². The highest BCUT2D eigenvalue weighted by molar-refractivity contribution is 5.91. The summed E-state index contributed by atoms with van der Waals surface area (Å²) in [6.45, 7) is 3.98. The van der Waals surface area contributed by atoms with E-state index in [1.807, 2.05) is 29.2 Å². The van der Waals surface area contributed by atoms with Gasteiger partial charge in [-0.05, 0) is 49.5 Å². The summed E-state index contributed by atoms with van der Waals surface area (Å²) in [7, 11) is 2.08. The number of carbonyl (C=O) groups excluding carboxylic acids is 2. The van der Waals surface area contributed by atoms with Gasteiger partial charge in [0.2, 0.25) is 11.8 Å². The fourth-order valence-electron chi connectivity index (χ4n) is 4.40. The number of piperazine rings is 1. The van der Waals surface area contributed by atoms with E-state index >= 15 is 0 Å². The molecule has 2 fully saturated rings. The standard InChI is InChI=1S/C22H34N4O2.2ClH/c1-25-10-12-26(13-11-25)21(28)15-18-6-5-7-19(14-18)24-20(27)16-22(17-23)8-3-2-4-9-22;;/h5-7,14H,2-4,8-13,15-17,23H2,1H3,(H,24,27);2*1H. The average Bonchev–Trinajstić information content (AvgIpc) is 2.69. The van der Waals surface area contributed by atoms with Crippen LogP contribution in [0.15, 0.2) is 24.3 Å². The topological polar surface area (TPSA) is 78.7 Å². The van der Waals surface area contributed by atoms with Gasteiger partial charge in [-0.25, -0.2) is 0 Å². The van der Waals surface area contributed by atoms with Crippen LogP contribution in [0.1, 0.15) is 44.1 Å². The molecule has 8 heteroatoms. The highest BCUT2D eigenvalue weighted by atomic mass is 35.5. The van der Waals surface area contributed by atoms with Gasteiger partial charge in [0.25, 0.3) is 0 Å². The van der Waals surface area contributed by atoms with Crippen molar-refractivity contribution in [3.05, 3.63) is 29.8 Å². The van der Waals surface area contributed by atoms with Crippen LogP contribution >= 0.6 is 24.8 Å². The lowest BCUT2D eigenvalue weighted by Crippen LogP contribution is -2.47. The smallest absolute Gasteiger partial charge is 0.227 e. The molecule has 2 amide bonds. The number of hydrogen-bond donors (Lipinski definition) is 2. The molecular weight excluding hydrogens is 423 g/mol. The van der Waals surface area contributed by atoms with Crippen molar-refractivity contribution >= 4 is 42.3 Å². The summed E-state index contributed by atoms with van der Waals surface area (Å²) in [5.41, 5.74) is 7.67. The number of amides is 2. The number of nitrogens with one attached hydrogen (secondary N) is 1. The molecule has 0 unspecified atom stereocenters. The van der Waals surface area contributed by atoms with E-state index in [4.69, 9.17) is 5.73 Å². The third-order valence-electron chi connectivity index (χ3n) is 6.30. The van der Waals surface area contributed by atoms with Crippen molar-refractivity contribution in [3.8, 4) is 0 Å². The SMILES string of the molecule is CN1CCN(C(=O)Cc2cccc(NC(=O)CC3(CN)CCCCC3)c2)CC1.Cl.Cl. The van der Waals surface area contributed by atoms with Crippen LogP contribution in [-0.4, -0.2) is 61.4 Å². The van der Waals surface area contributed by atoms with Gasteiger partial charge in [0.05, 0.1) is 6.42 Å². The number of rotatable bonds is 6. The lowest BCUT2D eigenvalue weighted by atomic mass is 9.71. The van der Waals surface area contributed by atoms with Gasteiger partial charge < -0.3 is 20.9 Å². The van der Waals surface area contributed by atoms with Crippen molar-refractivity contribution in [2.45, 2.75) is 44.9 Å². The zero-order valence-electron chi connectivity index (χ0n) is 17.9. The summed E-state index contributed by atoms with van der Waals surface area (Å²) < 4.78 is 0. The summed E-state index contributed by atoms with van der Waals surface area (Å²) in [5.74, 6) is 0.177. The molecule has 3 rings (SSSR count). The fraction of sp³-hybridized carbons (Fsp3) is 0.636. The lowest BCUT2D eigenvalue weighted by molar-refractivity contribution is -0.132. The summed E-state index contributed by atoms with van der Waals surface area (Å²) in [4.78, 5) is 29.3. The van der Waals surface area contributed by atoms with E-state index in [0.29, 0.717) is 19.4 Å². The predicted octanol–water partition coefficient (Wildman–Crippen LogP) is 3.08. The maximum atomic E-state index is 12.6. The molecule has 6 nitrogen and oxygen atoms in total. The molecule has 3 N–H and O–H groups in total. The summed E-state index contributed by atoms with van der Waals surface area (Å²) in [6.07, 6.45) is 6.50. The van der Waals surface area contributed by atoms with E-state index in [-0.39, 0.29) is 42.0 Å². The number of benzene rings is 1. The molecule has 0 spiro atoms. The average molecular weight is 459 g/mol. The molecule has 0 aromatic heterocycles. The van der Waals surface area contributed by atoms with Crippen molar-refractivity contribution in [2.24, 2.45) is 11.1 Å². The third kappa shape index (κ3) is 7.41. The van der Waals surface area contributed by atoms with Crippen LogP contribution in [0.4, 0.5) is 5.69 Å². The Kier molecular flexibility index (Phi) is 11.1. The highest BCUT2D eigenvalue weighted by Gasteiger charge is 2.33. The number of hydrogen-bond acceptors (Lipinski definition) is 4. The maximum Gasteiger partial charge on any atom is 0.227 e. The molecule has 170 valence electrons. The van der Waals surface area contributed by atoms with Gasteiger partial charge in [-0.3, -0.25) is 9.59 Å². The Balaban J connectivity index is 0.00000225. The molecule has 30 heavy (non-hydrogen) atoms. The first-order chi connectivity index (χ1) is 13.5. The Morgan fingerprint density at radius 2 is 1.73 bits per heavy atom. The Hall–Kier alpha value is -1.34. The molecule has 1 aromatic rings. The highest BCUT2D eigenvalue weighted by Crippen LogP contribution is 2.38. The first kappa shape index (κ1) is 26.7. The predicted molar refractivity (Wildman–Crippen MR) is 127 cm³/mol. The van der Waals surface area contributed by atoms with Crippen molar-refractivity contribution in [2.75, 3.05) is 45.1 Å². The normalized spacial score (nSPS) is 18.7. The van der Waals surface area contributed by atoms with Crippen LogP contribution in [0.3, 0.4) is 0 Å². The molecule has 0 atom stereocenters. The van der Waals surface area contributed by atoms with Gasteiger partial charge in [0.1, 0.15) is 0 Å². The zero-order chi connectivity index (χ0) is 20.0. The largest absolute Gasteiger partial charge is 0.340 e. The maximum absolute atomic E-state index is 12.6. The van der Waals surface area contributed by atoms with E-state index in [0.717, 1.165) is 63.1 Å². The van der Waals surface area contributed by atoms with Crippen molar-refractivity contribution < 1.29 is 9.59 Å². The number of anilines is 1. The van der Waals surface area contributed by atoms with Crippen LogP contribution in [-0.2, 0) is 16.0 Å². The van der Waals surface area contributed by atoms with Gasteiger partial charge in [-0.2, -0.15) is 0 Å². The van der Waals surface area contributed by atoms with E-state index in [2.05, 4.69) is 17.3 Å². The molecule has 1 aliphatic carbocycles. The summed E-state index contributed by atoms with van der Waals surface area (Å²) >= 11 is 0. The van der Waals surface area contributed by atoms with Gasteiger partial charge >= 0.3 is 0 Å². The molecular formula is C22H36Cl2N4O2. The first-order valence-corrected chi connectivity index (χ1v) is 10.5. The number of carbonyl (C=O) groups is 2. The van der Waals surface area contributed by atoms with Gasteiger partial charge in [0.15, 0.2) is 0 Å². The number of nitrogens with zero attached hydrogens (tertiary/aromatic N) is 2. The molecule has 1 aliphatic heterocycles. The van der Waals surface area contributed by atoms with E-state index in [1.54, 1.807) is 0 Å². The van der Waals surface area contributed by atoms with Crippen LogP contribution < -0.4 is 11.1 Å². The second-order valence-electron chi connectivity index (χ2n) is 8.55. The molecule has 0 bridgehead atoms. The number of likely N-dealkylation sites (N-methyl/N-ethyl adjacent to an activating group) is 1. The Morgan fingerprint density at radius 3 is 2.37 bits per heavy atom. The molecule has 1 heterocycles. The second-order valence-corrected chi connectivity index (χ2v) is 8.55. The van der Waals surface area contributed by atoms with E-state index in [1.165, 1.54) is 6.42 Å². The van der Waals surface area contributed by atoms with Crippen molar-refractivity contribution in [3.63, 3.8) is 0 Å². The van der Waals surface area contributed by atoms with Crippen LogP contribution in [0.25, 0.3) is 0 Å². The van der Waals surface area contributed by atoms with Crippen molar-refractivity contribution in [1.29, 1.82) is 0 Å². The number of nitrogens with two attached hydrogens (primary N) is 1. The lowest BCUT2D eigenvalue weighted by Gasteiger charge is -2.35. The summed E-state index contributed by atoms with van der Waals surface area (Å²) in [6, 6.07) is 7.66. The van der Waals surface area contributed by atoms with Gasteiger partial charge in [-0.1, -0.05) is 31.4 Å². The van der Waals surface area contributed by atoms with E-state index < -0.39 is 0 Å². The summed E-state index contributed by atoms with van der Waals surface area (Å²) in [5, 5.41) is 3.02. The molecule has 1 saturated carbocycles. The van der Waals surface area contributed by atoms with E-state index in [9.17, 15) is 9.59 Å². The Bertz CT molecular complexity index is 687. The second kappa shape index (κ2) is 12.5. The minimum absolute atomic E-state index is 0. The fourth-order valence-corrected chi connectivity index (χ4v) is 4.40. The first-order valence-electron chi connectivity index (χ1n) is 10.5. The van der Waals surface area contributed by atoms with Crippen LogP contribution in [0.5, 0.6) is 0 Å². The molecule has 0 radical (unpaired) electrons. The van der Waals surface area contributed by atoms with Crippen LogP contribution in [0, 0.1) is 5.41 Å². The minimum Gasteiger partial charge on any atom is -0.340 e. The quantitative estimate of drug-likeness (QED) is 0.686. The monoisotopic (exact) mass is 458 g/mol. The molecule has 2 aliphatic rings. The number of halogens is 2. The molecule has 1 saturated heterocycles. The zero-order valence-corrected chi connectivity index (χ0v) is 19.5. The van der Waals surface area contributed by atoms with Crippen molar-refractivity contribution in [1.82, 2.24) is 9.80 Å².